The van der Waals surface area contributed by atoms with Gasteiger partial charge in [0.2, 0.25) is 5.91 Å². The fourth-order valence-electron chi connectivity index (χ4n) is 3.60. The van der Waals surface area contributed by atoms with Crippen molar-refractivity contribution in [3.63, 3.8) is 0 Å². The normalized spacial score (nSPS) is 13.0. The van der Waals surface area contributed by atoms with Crippen molar-refractivity contribution in [2.75, 3.05) is 41.3 Å². The molecule has 0 fully saturated rings. The molecule has 1 heterocycles. The van der Waals surface area contributed by atoms with Crippen LogP contribution in [0.2, 0.25) is 0 Å². The number of nitrogens with zero attached hydrogens (tertiary/aromatic N) is 2. The zero-order chi connectivity index (χ0) is 25.0. The number of sulfonamides is 1. The summed E-state index contributed by atoms with van der Waals surface area (Å²) in [4.78, 5) is 26.2. The van der Waals surface area contributed by atoms with Crippen LogP contribution in [0.5, 0.6) is 11.5 Å². The van der Waals surface area contributed by atoms with Crippen LogP contribution in [0.1, 0.15) is 6.92 Å². The minimum Gasteiger partial charge on any atom is -0.494 e. The van der Waals surface area contributed by atoms with Gasteiger partial charge in [0.1, 0.15) is 18.0 Å². The van der Waals surface area contributed by atoms with E-state index < -0.39 is 10.0 Å². The van der Waals surface area contributed by atoms with Gasteiger partial charge in [-0.05, 0) is 67.6 Å². The third-order valence-electron chi connectivity index (χ3n) is 5.43. The molecule has 3 aromatic carbocycles. The molecular formula is C25H25N3O6S. The predicted octanol–water partition coefficient (Wildman–Crippen LogP) is 3.27. The van der Waals surface area contributed by atoms with Gasteiger partial charge in [0.05, 0.1) is 28.6 Å². The zero-order valence-electron chi connectivity index (χ0n) is 19.3. The summed E-state index contributed by atoms with van der Waals surface area (Å²) < 4.78 is 38.1. The fourth-order valence-corrected chi connectivity index (χ4v) is 4.80. The third kappa shape index (κ3) is 5.22. The summed E-state index contributed by atoms with van der Waals surface area (Å²) in [5.74, 6) is 0.340. The van der Waals surface area contributed by atoms with Crippen molar-refractivity contribution < 1.29 is 27.5 Å². The number of amides is 2. The third-order valence-corrected chi connectivity index (χ3v) is 7.23. The van der Waals surface area contributed by atoms with Gasteiger partial charge in [-0.2, -0.15) is 0 Å². The molecule has 0 saturated carbocycles. The smallest absolute Gasteiger partial charge is 0.265 e. The molecule has 4 rings (SSSR count). The van der Waals surface area contributed by atoms with Gasteiger partial charge in [-0.15, -0.1) is 0 Å². The Labute approximate surface area is 203 Å². The second-order valence-corrected chi connectivity index (χ2v) is 9.67. The number of hydrogen-bond acceptors (Lipinski definition) is 6. The lowest BCUT2D eigenvalue weighted by Gasteiger charge is -2.29. The van der Waals surface area contributed by atoms with Crippen molar-refractivity contribution in [2.45, 2.75) is 11.8 Å². The number of hydrogen-bond donors (Lipinski definition) is 1. The number of fused-ring (bicyclic) bond motifs is 1. The maximum atomic E-state index is 13.0. The van der Waals surface area contributed by atoms with Crippen molar-refractivity contribution in [3.8, 4) is 11.5 Å². The van der Waals surface area contributed by atoms with E-state index in [2.05, 4.69) is 5.32 Å². The van der Waals surface area contributed by atoms with Crippen LogP contribution in [0.15, 0.2) is 77.7 Å². The van der Waals surface area contributed by atoms with Crippen LogP contribution in [-0.4, -0.2) is 47.0 Å². The average molecular weight is 496 g/mol. The lowest BCUT2D eigenvalue weighted by atomic mass is 10.2. The van der Waals surface area contributed by atoms with Crippen LogP contribution >= 0.6 is 0 Å². The first kappa shape index (κ1) is 24.1. The molecule has 0 saturated heterocycles. The number of para-hydroxylation sites is 2. The summed E-state index contributed by atoms with van der Waals surface area (Å²) >= 11 is 0. The average Bonchev–Trinajstić information content (AvgIpc) is 2.87. The first-order chi connectivity index (χ1) is 16.8. The number of anilines is 3. The number of carbonyl (C=O) groups is 2. The van der Waals surface area contributed by atoms with Crippen LogP contribution < -0.4 is 24.0 Å². The van der Waals surface area contributed by atoms with Crippen molar-refractivity contribution >= 4 is 38.9 Å². The Kier molecular flexibility index (Phi) is 6.92. The van der Waals surface area contributed by atoms with Crippen LogP contribution in [0.25, 0.3) is 0 Å². The van der Waals surface area contributed by atoms with E-state index in [0.717, 1.165) is 0 Å². The Hall–Kier alpha value is -4.05. The SMILES string of the molecule is CCOc1ccc(S(=O)(=O)N(C)c2ccc(OCC(=O)N3CC(=O)Nc4ccccc43)cc2)cc1. The number of rotatable bonds is 8. The second kappa shape index (κ2) is 10.1. The van der Waals surface area contributed by atoms with Crippen molar-refractivity contribution in [2.24, 2.45) is 0 Å². The molecule has 0 aliphatic carbocycles. The number of nitrogens with one attached hydrogen (secondary N) is 1. The van der Waals surface area contributed by atoms with E-state index in [1.807, 2.05) is 6.92 Å². The molecule has 35 heavy (non-hydrogen) atoms. The molecule has 0 atom stereocenters. The summed E-state index contributed by atoms with van der Waals surface area (Å²) in [6, 6.07) is 19.6. The summed E-state index contributed by atoms with van der Waals surface area (Å²) in [7, 11) is -2.31. The molecule has 9 nitrogen and oxygen atoms in total. The topological polar surface area (TPSA) is 105 Å². The Morgan fingerprint density at radius 2 is 1.60 bits per heavy atom. The Bertz CT molecular complexity index is 1320. The predicted molar refractivity (Wildman–Crippen MR) is 133 cm³/mol. The van der Waals surface area contributed by atoms with E-state index in [1.165, 1.54) is 28.4 Å². The van der Waals surface area contributed by atoms with E-state index in [0.29, 0.717) is 35.2 Å². The maximum absolute atomic E-state index is 13.0. The standard InChI is InChI=1S/C25H25N3O6S/c1-3-33-19-12-14-21(15-13-19)35(31,32)27(2)18-8-10-20(11-9-18)34-17-25(30)28-16-24(29)26-22-6-4-5-7-23(22)28/h4-15H,3,16-17H2,1-2H3,(H,26,29). The lowest BCUT2D eigenvalue weighted by Crippen LogP contribution is -2.44. The Balaban J connectivity index is 1.41. The minimum absolute atomic E-state index is 0.0909. The van der Waals surface area contributed by atoms with Gasteiger partial charge in [0, 0.05) is 7.05 Å². The monoisotopic (exact) mass is 495 g/mol. The van der Waals surface area contributed by atoms with Crippen molar-refractivity contribution in [1.29, 1.82) is 0 Å². The van der Waals surface area contributed by atoms with Crippen LogP contribution in [0, 0.1) is 0 Å². The van der Waals surface area contributed by atoms with Crippen LogP contribution in [-0.2, 0) is 19.6 Å². The van der Waals surface area contributed by atoms with Gasteiger partial charge in [0.25, 0.3) is 15.9 Å². The summed E-state index contributed by atoms with van der Waals surface area (Å²) in [5, 5.41) is 2.73. The zero-order valence-corrected chi connectivity index (χ0v) is 20.1. The van der Waals surface area contributed by atoms with Gasteiger partial charge in [-0.3, -0.25) is 18.8 Å². The molecule has 0 radical (unpaired) electrons. The summed E-state index contributed by atoms with van der Waals surface area (Å²) in [6.45, 7) is 1.98. The van der Waals surface area contributed by atoms with Gasteiger partial charge in [-0.1, -0.05) is 12.1 Å². The second-order valence-electron chi connectivity index (χ2n) is 7.70. The quantitative estimate of drug-likeness (QED) is 0.514. The number of benzene rings is 3. The maximum Gasteiger partial charge on any atom is 0.265 e. The molecular weight excluding hydrogens is 470 g/mol. The molecule has 3 aromatic rings. The van der Waals surface area contributed by atoms with Crippen LogP contribution in [0.3, 0.4) is 0 Å². The highest BCUT2D eigenvalue weighted by Crippen LogP contribution is 2.29. The molecule has 1 N–H and O–H groups in total. The molecule has 0 bridgehead atoms. The molecule has 0 aromatic heterocycles. The van der Waals surface area contributed by atoms with Gasteiger partial charge < -0.3 is 14.8 Å². The lowest BCUT2D eigenvalue weighted by molar-refractivity contribution is -0.123. The number of ether oxygens (including phenoxy) is 2. The minimum atomic E-state index is -3.77. The van der Waals surface area contributed by atoms with Gasteiger partial charge >= 0.3 is 0 Å². The molecule has 2 amide bonds. The van der Waals surface area contributed by atoms with Gasteiger partial charge in [-0.25, -0.2) is 8.42 Å². The molecule has 0 unspecified atom stereocenters. The van der Waals surface area contributed by atoms with E-state index >= 15 is 0 Å². The molecule has 1 aliphatic heterocycles. The van der Waals surface area contributed by atoms with E-state index in [4.69, 9.17) is 9.47 Å². The van der Waals surface area contributed by atoms with Crippen molar-refractivity contribution in [1.82, 2.24) is 0 Å². The number of carbonyl (C=O) groups excluding carboxylic acids is 2. The van der Waals surface area contributed by atoms with Gasteiger partial charge in [0.15, 0.2) is 6.61 Å². The van der Waals surface area contributed by atoms with Crippen LogP contribution in [0.4, 0.5) is 17.1 Å². The first-order valence-corrected chi connectivity index (χ1v) is 12.4. The molecule has 182 valence electrons. The van der Waals surface area contributed by atoms with E-state index in [-0.39, 0.29) is 29.9 Å². The Morgan fingerprint density at radius 3 is 2.29 bits per heavy atom. The first-order valence-electron chi connectivity index (χ1n) is 10.9. The molecule has 1 aliphatic rings. The van der Waals surface area contributed by atoms with E-state index in [9.17, 15) is 18.0 Å². The largest absolute Gasteiger partial charge is 0.494 e. The highest BCUT2D eigenvalue weighted by molar-refractivity contribution is 7.92. The summed E-state index contributed by atoms with van der Waals surface area (Å²) in [5.41, 5.74) is 1.61. The highest BCUT2D eigenvalue weighted by atomic mass is 32.2. The summed E-state index contributed by atoms with van der Waals surface area (Å²) in [6.07, 6.45) is 0. The van der Waals surface area contributed by atoms with Crippen molar-refractivity contribution in [3.05, 3.63) is 72.8 Å². The fraction of sp³-hybridized carbons (Fsp3) is 0.200. The van der Waals surface area contributed by atoms with E-state index in [1.54, 1.807) is 60.7 Å². The molecule has 10 heteroatoms. The Morgan fingerprint density at radius 1 is 0.971 bits per heavy atom. The molecule has 0 spiro atoms. The highest BCUT2D eigenvalue weighted by Gasteiger charge is 2.27.